The minimum Gasteiger partial charge on any atom is -0.396 e. The van der Waals surface area contributed by atoms with E-state index in [1.807, 2.05) is 0 Å². The van der Waals surface area contributed by atoms with Gasteiger partial charge in [-0.25, -0.2) is 0 Å². The minimum absolute atomic E-state index is 0.476. The van der Waals surface area contributed by atoms with Gasteiger partial charge in [-0.2, -0.15) is 23.4 Å². The predicted molar refractivity (Wildman–Crippen MR) is 34.5 cm³/mol. The van der Waals surface area contributed by atoms with Crippen molar-refractivity contribution < 1.29 is 18.3 Å². The van der Waals surface area contributed by atoms with Crippen LogP contribution in [0.25, 0.3) is 0 Å². The highest BCUT2D eigenvalue weighted by Gasteiger charge is 2.54. The van der Waals surface area contributed by atoms with E-state index < -0.39 is 24.7 Å². The first-order valence-electron chi connectivity index (χ1n) is 3.29. The summed E-state index contributed by atoms with van der Waals surface area (Å²) in [5, 5.41) is 14.6. The summed E-state index contributed by atoms with van der Waals surface area (Å²) < 4.78 is 36.9. The van der Waals surface area contributed by atoms with E-state index in [2.05, 4.69) is 10.2 Å². The summed E-state index contributed by atoms with van der Waals surface area (Å²) in [7, 11) is 0. The Morgan fingerprint density at radius 2 is 2.08 bits per heavy atom. The Morgan fingerprint density at radius 3 is 2.42 bits per heavy atom. The molecule has 1 N–H and O–H groups in total. The second kappa shape index (κ2) is 2.85. The van der Waals surface area contributed by atoms with E-state index in [9.17, 15) is 13.2 Å². The zero-order valence-electron chi connectivity index (χ0n) is 6.04. The highest BCUT2D eigenvalue weighted by atomic mass is 19.4. The Balaban J connectivity index is 2.88. The van der Waals surface area contributed by atoms with E-state index in [-0.39, 0.29) is 0 Å². The number of azo groups is 1. The second-order valence-electron chi connectivity index (χ2n) is 2.43. The summed E-state index contributed by atoms with van der Waals surface area (Å²) in [6.45, 7) is -0.567. The van der Waals surface area contributed by atoms with Gasteiger partial charge in [0.05, 0.1) is 0 Å². The van der Waals surface area contributed by atoms with Crippen LogP contribution in [0.3, 0.4) is 0 Å². The number of hydrogen-bond acceptors (Lipinski definition) is 3. The maximum absolute atomic E-state index is 12.3. The third kappa shape index (κ3) is 1.34. The number of rotatable bonds is 2. The van der Waals surface area contributed by atoms with E-state index in [0.29, 0.717) is 0 Å². The summed E-state index contributed by atoms with van der Waals surface area (Å²) in [4.78, 5) is 0. The summed E-state index contributed by atoms with van der Waals surface area (Å²) in [5.74, 6) is 0. The Labute approximate surface area is 66.6 Å². The molecule has 0 saturated carbocycles. The molecular formula is C6H7F3N2O. The van der Waals surface area contributed by atoms with Crippen LogP contribution in [0.4, 0.5) is 13.2 Å². The zero-order chi connectivity index (χ0) is 9.24. The van der Waals surface area contributed by atoms with Gasteiger partial charge in [-0.1, -0.05) is 0 Å². The van der Waals surface area contributed by atoms with Crippen molar-refractivity contribution in [3.05, 3.63) is 12.3 Å². The van der Waals surface area contributed by atoms with Crippen molar-refractivity contribution in [2.24, 2.45) is 10.2 Å². The molecule has 0 saturated heterocycles. The second-order valence-corrected chi connectivity index (χ2v) is 2.43. The van der Waals surface area contributed by atoms with E-state index >= 15 is 0 Å². The molecule has 1 unspecified atom stereocenters. The van der Waals surface area contributed by atoms with Crippen LogP contribution in [-0.2, 0) is 0 Å². The fourth-order valence-electron chi connectivity index (χ4n) is 0.923. The van der Waals surface area contributed by atoms with Crippen LogP contribution in [-0.4, -0.2) is 23.4 Å². The lowest BCUT2D eigenvalue weighted by Gasteiger charge is -2.24. The normalized spacial score (nSPS) is 28.3. The maximum Gasteiger partial charge on any atom is 0.419 e. The molecule has 0 aromatic rings. The summed E-state index contributed by atoms with van der Waals surface area (Å²) in [6.07, 6.45) is -3.12. The van der Waals surface area contributed by atoms with Gasteiger partial charge in [0, 0.05) is 19.2 Å². The van der Waals surface area contributed by atoms with E-state index in [1.54, 1.807) is 0 Å². The fraction of sp³-hybridized carbons (Fsp3) is 0.667. The van der Waals surface area contributed by atoms with E-state index in [1.165, 1.54) is 0 Å². The van der Waals surface area contributed by atoms with Crippen molar-refractivity contribution in [2.75, 3.05) is 6.61 Å². The lowest BCUT2D eigenvalue weighted by Crippen LogP contribution is -2.41. The van der Waals surface area contributed by atoms with Crippen LogP contribution in [0.5, 0.6) is 0 Å². The number of aliphatic hydroxyl groups excluding tert-OH is 1. The first-order valence-corrected chi connectivity index (χ1v) is 3.29. The summed E-state index contributed by atoms with van der Waals surface area (Å²) >= 11 is 0. The fourth-order valence-corrected chi connectivity index (χ4v) is 0.923. The van der Waals surface area contributed by atoms with Gasteiger partial charge in [-0.3, -0.25) is 0 Å². The Kier molecular flexibility index (Phi) is 2.18. The highest BCUT2D eigenvalue weighted by molar-refractivity contribution is 5.14. The molecule has 3 nitrogen and oxygen atoms in total. The molecule has 0 radical (unpaired) electrons. The molecule has 0 amide bonds. The Morgan fingerprint density at radius 1 is 1.42 bits per heavy atom. The van der Waals surface area contributed by atoms with Crippen molar-refractivity contribution >= 4 is 0 Å². The van der Waals surface area contributed by atoms with Crippen molar-refractivity contribution in [1.82, 2.24) is 0 Å². The first-order chi connectivity index (χ1) is 5.52. The van der Waals surface area contributed by atoms with Gasteiger partial charge >= 0.3 is 6.18 Å². The molecule has 1 heterocycles. The number of nitrogens with zero attached hydrogens (tertiary/aromatic N) is 2. The molecule has 0 aliphatic carbocycles. The van der Waals surface area contributed by atoms with Gasteiger partial charge in [0.2, 0.25) is 0 Å². The van der Waals surface area contributed by atoms with Crippen LogP contribution < -0.4 is 0 Å². The zero-order valence-corrected chi connectivity index (χ0v) is 6.04. The van der Waals surface area contributed by atoms with Crippen LogP contribution in [0.2, 0.25) is 0 Å². The number of aliphatic hydroxyl groups is 1. The van der Waals surface area contributed by atoms with Crippen LogP contribution in [0, 0.1) is 0 Å². The number of halogens is 3. The molecule has 0 spiro atoms. The van der Waals surface area contributed by atoms with E-state index in [4.69, 9.17) is 5.11 Å². The molecule has 0 aromatic carbocycles. The number of hydrogen-bond donors (Lipinski definition) is 1. The lowest BCUT2D eigenvalue weighted by atomic mass is 9.97. The average molecular weight is 180 g/mol. The van der Waals surface area contributed by atoms with Crippen molar-refractivity contribution in [2.45, 2.75) is 18.1 Å². The van der Waals surface area contributed by atoms with Crippen molar-refractivity contribution in [3.8, 4) is 0 Å². The monoisotopic (exact) mass is 180 g/mol. The first kappa shape index (κ1) is 9.18. The van der Waals surface area contributed by atoms with Gasteiger partial charge in [-0.15, -0.1) is 0 Å². The molecule has 1 aliphatic rings. The standard InChI is InChI=1S/C6H7F3N2O/c7-6(8,9)5(2-4-12)1-3-10-11-5/h1,3,12H,2,4H2. The van der Waals surface area contributed by atoms with Crippen LogP contribution >= 0.6 is 0 Å². The molecule has 1 rings (SSSR count). The molecule has 0 aromatic heterocycles. The molecule has 1 atom stereocenters. The third-order valence-corrected chi connectivity index (χ3v) is 1.64. The van der Waals surface area contributed by atoms with Crippen LogP contribution in [0.1, 0.15) is 6.42 Å². The molecule has 0 fully saturated rings. The van der Waals surface area contributed by atoms with Crippen molar-refractivity contribution in [3.63, 3.8) is 0 Å². The highest BCUT2D eigenvalue weighted by Crippen LogP contribution is 2.40. The predicted octanol–water partition coefficient (Wildman–Crippen LogP) is 1.65. The van der Waals surface area contributed by atoms with Crippen molar-refractivity contribution in [1.29, 1.82) is 0 Å². The lowest BCUT2D eigenvalue weighted by molar-refractivity contribution is -0.174. The molecule has 12 heavy (non-hydrogen) atoms. The molecular weight excluding hydrogens is 173 g/mol. The summed E-state index contributed by atoms with van der Waals surface area (Å²) in [5.41, 5.74) is -2.29. The SMILES string of the molecule is OCCC1(C(F)(F)F)C=CN=N1. The van der Waals surface area contributed by atoms with Crippen LogP contribution in [0.15, 0.2) is 22.5 Å². The summed E-state index contributed by atoms with van der Waals surface area (Å²) in [6, 6.07) is 0. The van der Waals surface area contributed by atoms with E-state index in [0.717, 1.165) is 12.3 Å². The molecule has 0 bridgehead atoms. The van der Waals surface area contributed by atoms with Gasteiger partial charge in [0.25, 0.3) is 0 Å². The molecule has 68 valence electrons. The Bertz CT molecular complexity index is 209. The number of alkyl halides is 3. The van der Waals surface area contributed by atoms with Gasteiger partial charge in [0.15, 0.2) is 5.54 Å². The van der Waals surface area contributed by atoms with Gasteiger partial charge < -0.3 is 5.11 Å². The molecule has 1 aliphatic heterocycles. The topological polar surface area (TPSA) is 45.0 Å². The van der Waals surface area contributed by atoms with Gasteiger partial charge in [0.1, 0.15) is 0 Å². The maximum atomic E-state index is 12.3. The van der Waals surface area contributed by atoms with Gasteiger partial charge in [-0.05, 0) is 6.08 Å². The average Bonchev–Trinajstić information content (AvgIpc) is 2.36. The largest absolute Gasteiger partial charge is 0.419 e. The molecule has 6 heteroatoms. The quantitative estimate of drug-likeness (QED) is 0.689. The smallest absolute Gasteiger partial charge is 0.396 e. The third-order valence-electron chi connectivity index (χ3n) is 1.64. The Hall–Kier alpha value is -0.910. The minimum atomic E-state index is -4.48.